The van der Waals surface area contributed by atoms with Crippen molar-refractivity contribution in [2.45, 2.75) is 33.7 Å². The first-order valence-corrected chi connectivity index (χ1v) is 7.75. The van der Waals surface area contributed by atoms with Crippen LogP contribution in [-0.2, 0) is 6.54 Å². The summed E-state index contributed by atoms with van der Waals surface area (Å²) in [4.78, 5) is 24.9. The van der Waals surface area contributed by atoms with Gasteiger partial charge in [0.05, 0.1) is 0 Å². The van der Waals surface area contributed by atoms with Crippen molar-refractivity contribution in [3.05, 3.63) is 63.1 Å². The van der Waals surface area contributed by atoms with Crippen LogP contribution in [0.25, 0.3) is 11.3 Å². The molecule has 0 aliphatic carbocycles. The van der Waals surface area contributed by atoms with E-state index in [1.807, 2.05) is 31.2 Å². The van der Waals surface area contributed by atoms with Crippen LogP contribution < -0.4 is 11.2 Å². The molecule has 2 aromatic heterocycles. The summed E-state index contributed by atoms with van der Waals surface area (Å²) in [5.41, 5.74) is 1.47. The van der Waals surface area contributed by atoms with Crippen LogP contribution in [0.3, 0.4) is 0 Å². The molecular formula is C17H20N4O2. The van der Waals surface area contributed by atoms with Crippen molar-refractivity contribution in [1.29, 1.82) is 0 Å². The number of aryl methyl sites for hydroxylation is 2. The average molecular weight is 312 g/mol. The summed E-state index contributed by atoms with van der Waals surface area (Å²) in [6.45, 7) is 6.68. The fraction of sp³-hybridized carbons (Fsp3) is 0.353. The quantitative estimate of drug-likeness (QED) is 0.740. The normalized spacial score (nSPS) is 11.5. The average Bonchev–Trinajstić information content (AvgIpc) is 2.84. The molecule has 0 unspecified atom stereocenters. The Kier molecular flexibility index (Phi) is 3.90. The molecule has 0 amide bonds. The monoisotopic (exact) mass is 312 g/mol. The van der Waals surface area contributed by atoms with E-state index < -0.39 is 0 Å². The van der Waals surface area contributed by atoms with Crippen molar-refractivity contribution in [2.75, 3.05) is 0 Å². The third kappa shape index (κ3) is 2.84. The van der Waals surface area contributed by atoms with Crippen molar-refractivity contribution in [3.8, 4) is 5.69 Å². The van der Waals surface area contributed by atoms with Gasteiger partial charge in [-0.15, -0.1) is 5.10 Å². The summed E-state index contributed by atoms with van der Waals surface area (Å²) in [5.74, 6) is 0.468. The number of nitrogens with zero attached hydrogens (tertiary/aromatic N) is 4. The predicted octanol–water partition coefficient (Wildman–Crippen LogP) is 2.00. The Balaban J connectivity index is 2.10. The zero-order valence-corrected chi connectivity index (χ0v) is 13.6. The minimum Gasteiger partial charge on any atom is -0.280 e. The number of hydrogen-bond acceptors (Lipinski definition) is 3. The van der Waals surface area contributed by atoms with Gasteiger partial charge in [-0.2, -0.15) is 0 Å². The van der Waals surface area contributed by atoms with Gasteiger partial charge in [0.1, 0.15) is 0 Å². The maximum atomic E-state index is 12.6. The van der Waals surface area contributed by atoms with Crippen molar-refractivity contribution in [3.63, 3.8) is 0 Å². The lowest BCUT2D eigenvalue weighted by Gasteiger charge is -2.05. The molecule has 0 atom stereocenters. The van der Waals surface area contributed by atoms with E-state index in [9.17, 15) is 9.59 Å². The number of fused-ring (bicyclic) bond motifs is 1. The minimum absolute atomic E-state index is 0.154. The van der Waals surface area contributed by atoms with E-state index in [0.29, 0.717) is 12.5 Å². The van der Waals surface area contributed by atoms with E-state index >= 15 is 0 Å². The summed E-state index contributed by atoms with van der Waals surface area (Å²) < 4.78 is 4.19. The van der Waals surface area contributed by atoms with Gasteiger partial charge in [0.15, 0.2) is 0 Å². The Hall–Kier alpha value is -2.63. The van der Waals surface area contributed by atoms with Gasteiger partial charge in [-0.3, -0.25) is 9.36 Å². The Morgan fingerprint density at radius 2 is 1.78 bits per heavy atom. The topological polar surface area (TPSA) is 61.3 Å². The highest BCUT2D eigenvalue weighted by atomic mass is 16.2. The van der Waals surface area contributed by atoms with Gasteiger partial charge in [0, 0.05) is 24.6 Å². The standard InChI is InChI=1S/C17H20N4O2/c1-12(2)8-9-21-17(23)20-11-10-19(16(22)15(20)18-21)14-6-4-13(3)5-7-14/h4-7,10-12H,8-9H2,1-3H3. The SMILES string of the molecule is Cc1ccc(-n2ccn3c(=O)n(CCC(C)C)nc3c2=O)cc1. The van der Waals surface area contributed by atoms with Gasteiger partial charge in [-0.05, 0) is 31.4 Å². The van der Waals surface area contributed by atoms with Gasteiger partial charge >= 0.3 is 11.2 Å². The molecule has 0 radical (unpaired) electrons. The second-order valence-electron chi connectivity index (χ2n) is 6.19. The second-order valence-corrected chi connectivity index (χ2v) is 6.19. The molecule has 6 heteroatoms. The van der Waals surface area contributed by atoms with Crippen LogP contribution in [0.2, 0.25) is 0 Å². The summed E-state index contributed by atoms with van der Waals surface area (Å²) in [7, 11) is 0. The molecule has 23 heavy (non-hydrogen) atoms. The molecule has 6 nitrogen and oxygen atoms in total. The first-order chi connectivity index (χ1) is 11.0. The number of aromatic nitrogens is 4. The fourth-order valence-corrected chi connectivity index (χ4v) is 2.44. The molecule has 0 N–H and O–H groups in total. The molecule has 0 saturated carbocycles. The maximum Gasteiger partial charge on any atom is 0.350 e. The molecule has 0 spiro atoms. The van der Waals surface area contributed by atoms with Gasteiger partial charge < -0.3 is 0 Å². The van der Waals surface area contributed by atoms with Crippen LogP contribution in [0.15, 0.2) is 46.2 Å². The third-order valence-corrected chi connectivity index (χ3v) is 3.88. The Morgan fingerprint density at radius 3 is 2.43 bits per heavy atom. The molecule has 0 aliphatic heterocycles. The highest BCUT2D eigenvalue weighted by Crippen LogP contribution is 2.07. The maximum absolute atomic E-state index is 12.6. The molecule has 0 saturated heterocycles. The lowest BCUT2D eigenvalue weighted by Crippen LogP contribution is -2.24. The Morgan fingerprint density at radius 1 is 1.09 bits per heavy atom. The minimum atomic E-state index is -0.295. The van der Waals surface area contributed by atoms with Crippen LogP contribution in [-0.4, -0.2) is 18.7 Å². The van der Waals surface area contributed by atoms with Crippen LogP contribution >= 0.6 is 0 Å². The lowest BCUT2D eigenvalue weighted by atomic mass is 10.1. The molecule has 2 heterocycles. The van der Waals surface area contributed by atoms with Gasteiger partial charge in [0.25, 0.3) is 0 Å². The van der Waals surface area contributed by atoms with E-state index in [-0.39, 0.29) is 16.9 Å². The number of hydrogen-bond donors (Lipinski definition) is 0. The van der Waals surface area contributed by atoms with Crippen LogP contribution in [0.1, 0.15) is 25.8 Å². The van der Waals surface area contributed by atoms with Crippen LogP contribution in [0, 0.1) is 12.8 Å². The van der Waals surface area contributed by atoms with Gasteiger partial charge in [-0.25, -0.2) is 13.9 Å². The summed E-state index contributed by atoms with van der Waals surface area (Å²) in [5, 5.41) is 4.22. The van der Waals surface area contributed by atoms with Crippen molar-refractivity contribution >= 4 is 5.65 Å². The zero-order valence-electron chi connectivity index (χ0n) is 13.6. The van der Waals surface area contributed by atoms with Gasteiger partial charge in [0.2, 0.25) is 5.65 Å². The van der Waals surface area contributed by atoms with Crippen LogP contribution in [0.5, 0.6) is 0 Å². The summed E-state index contributed by atoms with van der Waals surface area (Å²) in [6.07, 6.45) is 4.05. The van der Waals surface area contributed by atoms with E-state index in [2.05, 4.69) is 18.9 Å². The third-order valence-electron chi connectivity index (χ3n) is 3.88. The molecule has 3 aromatic rings. The second kappa shape index (κ2) is 5.87. The summed E-state index contributed by atoms with van der Waals surface area (Å²) >= 11 is 0. The van der Waals surface area contributed by atoms with Crippen molar-refractivity contribution in [1.82, 2.24) is 18.7 Å². The molecule has 0 aliphatic rings. The van der Waals surface area contributed by atoms with Crippen molar-refractivity contribution < 1.29 is 0 Å². The molecule has 1 aromatic carbocycles. The van der Waals surface area contributed by atoms with Crippen molar-refractivity contribution in [2.24, 2.45) is 5.92 Å². The lowest BCUT2D eigenvalue weighted by molar-refractivity contribution is 0.478. The smallest absolute Gasteiger partial charge is 0.280 e. The van der Waals surface area contributed by atoms with Crippen LogP contribution in [0.4, 0.5) is 0 Å². The Bertz CT molecular complexity index is 945. The number of benzene rings is 1. The zero-order chi connectivity index (χ0) is 16.6. The molecule has 120 valence electrons. The predicted molar refractivity (Wildman–Crippen MR) is 89.2 cm³/mol. The first kappa shape index (κ1) is 15.3. The van der Waals surface area contributed by atoms with E-state index in [1.54, 1.807) is 12.4 Å². The highest BCUT2D eigenvalue weighted by molar-refractivity contribution is 5.40. The van der Waals surface area contributed by atoms with E-state index in [0.717, 1.165) is 17.7 Å². The molecule has 3 rings (SSSR count). The van der Waals surface area contributed by atoms with Gasteiger partial charge in [-0.1, -0.05) is 31.5 Å². The Labute approximate surface area is 133 Å². The van der Waals surface area contributed by atoms with E-state index in [1.165, 1.54) is 13.6 Å². The molecule has 0 fully saturated rings. The van der Waals surface area contributed by atoms with E-state index in [4.69, 9.17) is 0 Å². The summed E-state index contributed by atoms with van der Waals surface area (Å²) in [6, 6.07) is 7.64. The highest BCUT2D eigenvalue weighted by Gasteiger charge is 2.12. The number of rotatable bonds is 4. The molecular weight excluding hydrogens is 292 g/mol. The fourth-order valence-electron chi connectivity index (χ4n) is 2.44. The molecule has 0 bridgehead atoms. The first-order valence-electron chi connectivity index (χ1n) is 7.75. The largest absolute Gasteiger partial charge is 0.350 e.